The molecule has 4 heteroatoms. The fourth-order valence-corrected chi connectivity index (χ4v) is 2.62. The number of nitrogens with one attached hydrogen (secondary N) is 1. The molecule has 0 saturated carbocycles. The van der Waals surface area contributed by atoms with Crippen molar-refractivity contribution in [2.75, 3.05) is 11.9 Å². The first kappa shape index (κ1) is 11.3. The topological polar surface area (TPSA) is 42.7 Å². The highest BCUT2D eigenvalue weighted by molar-refractivity contribution is 5.54. The second-order valence-corrected chi connectivity index (χ2v) is 4.82. The Bertz CT molecular complexity index is 532. The number of anilines is 1. The Balaban J connectivity index is 1.85. The summed E-state index contributed by atoms with van der Waals surface area (Å²) >= 11 is 0. The maximum Gasteiger partial charge on any atom is 0.0728 e. The fourth-order valence-electron chi connectivity index (χ4n) is 2.62. The molecule has 18 heavy (non-hydrogen) atoms. The number of aryl methyl sites for hydroxylation is 1. The number of para-hydroxylation sites is 1. The van der Waals surface area contributed by atoms with Crippen molar-refractivity contribution in [2.24, 2.45) is 0 Å². The summed E-state index contributed by atoms with van der Waals surface area (Å²) in [5.41, 5.74) is 3.90. The Kier molecular flexibility index (Phi) is 3.00. The minimum absolute atomic E-state index is 0.474. The summed E-state index contributed by atoms with van der Waals surface area (Å²) in [4.78, 5) is 0. The molecule has 0 fully saturated rings. The summed E-state index contributed by atoms with van der Waals surface area (Å²) in [5, 5.41) is 11.7. The van der Waals surface area contributed by atoms with Gasteiger partial charge in [-0.1, -0.05) is 30.3 Å². The molecular weight excluding hydrogens is 224 g/mol. The van der Waals surface area contributed by atoms with Crippen LogP contribution < -0.4 is 5.32 Å². The van der Waals surface area contributed by atoms with Gasteiger partial charge in [0.2, 0.25) is 0 Å². The summed E-state index contributed by atoms with van der Waals surface area (Å²) in [7, 11) is 0. The van der Waals surface area contributed by atoms with E-state index in [9.17, 15) is 0 Å². The van der Waals surface area contributed by atoms with Crippen LogP contribution in [0.4, 0.5) is 5.69 Å². The van der Waals surface area contributed by atoms with E-state index in [4.69, 9.17) is 0 Å². The molecule has 1 atom stereocenters. The lowest BCUT2D eigenvalue weighted by Gasteiger charge is -2.26. The van der Waals surface area contributed by atoms with Gasteiger partial charge in [0.05, 0.1) is 11.9 Å². The zero-order valence-electron chi connectivity index (χ0n) is 10.6. The van der Waals surface area contributed by atoms with Crippen LogP contribution in [0.5, 0.6) is 0 Å². The first-order valence-electron chi connectivity index (χ1n) is 6.58. The van der Waals surface area contributed by atoms with Crippen molar-refractivity contribution in [3.8, 4) is 0 Å². The van der Waals surface area contributed by atoms with Crippen LogP contribution in [0.25, 0.3) is 0 Å². The van der Waals surface area contributed by atoms with Crippen molar-refractivity contribution < 1.29 is 0 Å². The van der Waals surface area contributed by atoms with Crippen LogP contribution in [0.3, 0.4) is 0 Å². The second kappa shape index (κ2) is 4.80. The number of rotatable bonds is 3. The number of fused-ring (bicyclic) bond motifs is 1. The van der Waals surface area contributed by atoms with E-state index in [1.165, 1.54) is 16.9 Å². The number of benzene rings is 1. The van der Waals surface area contributed by atoms with E-state index in [-0.39, 0.29) is 0 Å². The summed E-state index contributed by atoms with van der Waals surface area (Å²) in [6.07, 6.45) is 4.07. The molecule has 0 aliphatic carbocycles. The van der Waals surface area contributed by atoms with Gasteiger partial charge in [-0.3, -0.25) is 0 Å². The first-order valence-corrected chi connectivity index (χ1v) is 6.58. The predicted octanol–water partition coefficient (Wildman–Crippen LogP) is 2.44. The Labute approximate surface area is 107 Å². The average Bonchev–Trinajstić information content (AvgIpc) is 2.87. The minimum atomic E-state index is 0.474. The molecule has 4 nitrogen and oxygen atoms in total. The molecule has 94 valence electrons. The van der Waals surface area contributed by atoms with E-state index >= 15 is 0 Å². The van der Waals surface area contributed by atoms with Crippen molar-refractivity contribution in [1.82, 2.24) is 15.0 Å². The third-order valence-electron chi connectivity index (χ3n) is 3.52. The van der Waals surface area contributed by atoms with Crippen LogP contribution in [0.2, 0.25) is 0 Å². The molecule has 1 aliphatic heterocycles. The van der Waals surface area contributed by atoms with E-state index in [1.54, 1.807) is 0 Å². The van der Waals surface area contributed by atoms with Crippen molar-refractivity contribution in [3.05, 3.63) is 41.7 Å². The van der Waals surface area contributed by atoms with Crippen molar-refractivity contribution in [1.29, 1.82) is 0 Å². The fraction of sp³-hybridized carbons (Fsp3) is 0.429. The Morgan fingerprint density at radius 2 is 2.28 bits per heavy atom. The molecule has 0 amide bonds. The molecule has 1 unspecified atom stereocenters. The lowest BCUT2D eigenvalue weighted by Crippen LogP contribution is -2.24. The third-order valence-corrected chi connectivity index (χ3v) is 3.52. The van der Waals surface area contributed by atoms with Gasteiger partial charge in [-0.2, -0.15) is 0 Å². The zero-order chi connectivity index (χ0) is 12.4. The smallest absolute Gasteiger partial charge is 0.0728 e. The Hall–Kier alpha value is -1.84. The van der Waals surface area contributed by atoms with Gasteiger partial charge in [0.25, 0.3) is 0 Å². The van der Waals surface area contributed by atoms with Gasteiger partial charge in [-0.05, 0) is 24.5 Å². The summed E-state index contributed by atoms with van der Waals surface area (Å²) in [5.74, 6) is 0.474. The first-order chi connectivity index (χ1) is 8.88. The highest BCUT2D eigenvalue weighted by Crippen LogP contribution is 2.29. The van der Waals surface area contributed by atoms with Crippen molar-refractivity contribution in [2.45, 2.75) is 32.2 Å². The van der Waals surface area contributed by atoms with Gasteiger partial charge in [0, 0.05) is 24.7 Å². The van der Waals surface area contributed by atoms with Crippen molar-refractivity contribution in [3.63, 3.8) is 0 Å². The van der Waals surface area contributed by atoms with Gasteiger partial charge < -0.3 is 5.32 Å². The minimum Gasteiger partial charge on any atom is -0.384 e. The van der Waals surface area contributed by atoms with Gasteiger partial charge in [0.1, 0.15) is 0 Å². The predicted molar refractivity (Wildman–Crippen MR) is 71.7 cm³/mol. The van der Waals surface area contributed by atoms with E-state index in [1.807, 2.05) is 10.9 Å². The second-order valence-electron chi connectivity index (χ2n) is 4.82. The molecule has 0 spiro atoms. The molecule has 0 bridgehead atoms. The summed E-state index contributed by atoms with van der Waals surface area (Å²) in [6.45, 7) is 4.08. The number of hydrogen-bond acceptors (Lipinski definition) is 3. The highest BCUT2D eigenvalue weighted by Gasteiger charge is 2.22. The Morgan fingerprint density at radius 3 is 3.17 bits per heavy atom. The average molecular weight is 242 g/mol. The van der Waals surface area contributed by atoms with Crippen molar-refractivity contribution >= 4 is 5.69 Å². The molecule has 1 aliphatic rings. The Morgan fingerprint density at radius 1 is 1.39 bits per heavy atom. The van der Waals surface area contributed by atoms with Gasteiger partial charge in [-0.25, -0.2) is 4.68 Å². The quantitative estimate of drug-likeness (QED) is 0.899. The maximum atomic E-state index is 4.18. The van der Waals surface area contributed by atoms with Crippen LogP contribution in [-0.4, -0.2) is 21.5 Å². The largest absolute Gasteiger partial charge is 0.384 e. The van der Waals surface area contributed by atoms with Crippen LogP contribution >= 0.6 is 0 Å². The summed E-state index contributed by atoms with van der Waals surface area (Å²) < 4.78 is 2.04. The van der Waals surface area contributed by atoms with Gasteiger partial charge in [0.15, 0.2) is 0 Å². The lowest BCUT2D eigenvalue weighted by molar-refractivity contribution is 0.523. The number of aromatic nitrogens is 3. The normalized spacial score (nSPS) is 18.2. The van der Waals surface area contributed by atoms with E-state index in [0.29, 0.717) is 5.92 Å². The van der Waals surface area contributed by atoms with Crippen LogP contribution in [0, 0.1) is 0 Å². The van der Waals surface area contributed by atoms with Crippen LogP contribution in [-0.2, 0) is 13.0 Å². The molecular formula is C14H18N4. The molecule has 0 radical (unpaired) electrons. The molecule has 2 heterocycles. The molecule has 1 aromatic heterocycles. The SMILES string of the molecule is CCCn1nncc1C1CNc2ccccc2C1. The van der Waals surface area contributed by atoms with Crippen LogP contribution in [0.1, 0.15) is 30.5 Å². The lowest BCUT2D eigenvalue weighted by atomic mass is 9.92. The van der Waals surface area contributed by atoms with Crippen LogP contribution in [0.15, 0.2) is 30.5 Å². The summed E-state index contributed by atoms with van der Waals surface area (Å²) in [6, 6.07) is 8.52. The van der Waals surface area contributed by atoms with E-state index in [2.05, 4.69) is 46.8 Å². The number of nitrogens with zero attached hydrogens (tertiary/aromatic N) is 3. The third kappa shape index (κ3) is 1.98. The maximum absolute atomic E-state index is 4.18. The molecule has 0 saturated heterocycles. The zero-order valence-corrected chi connectivity index (χ0v) is 10.6. The van der Waals surface area contributed by atoms with E-state index < -0.39 is 0 Å². The monoisotopic (exact) mass is 242 g/mol. The number of hydrogen-bond donors (Lipinski definition) is 1. The standard InChI is InChI=1S/C14H18N4/c1-2-7-18-14(10-16-17-18)12-8-11-5-3-4-6-13(11)15-9-12/h3-6,10,12,15H,2,7-9H2,1H3. The molecule has 2 aromatic rings. The molecule has 1 N–H and O–H groups in total. The van der Waals surface area contributed by atoms with E-state index in [0.717, 1.165) is 25.9 Å². The highest BCUT2D eigenvalue weighted by atomic mass is 15.4. The molecule has 1 aromatic carbocycles. The molecule has 3 rings (SSSR count). The van der Waals surface area contributed by atoms with Gasteiger partial charge in [-0.15, -0.1) is 5.10 Å². The van der Waals surface area contributed by atoms with Gasteiger partial charge >= 0.3 is 0 Å².